The molecule has 1 rings (SSSR count). The lowest BCUT2D eigenvalue weighted by molar-refractivity contribution is 0.251. The second-order valence-corrected chi connectivity index (χ2v) is 6.04. The topological polar surface area (TPSA) is 15.3 Å². The lowest BCUT2D eigenvalue weighted by Gasteiger charge is -2.26. The fraction of sp³-hybridized carbons (Fsp3) is 0.684. The van der Waals surface area contributed by atoms with Gasteiger partial charge in [-0.1, -0.05) is 51.0 Å². The van der Waals surface area contributed by atoms with E-state index in [2.05, 4.69) is 62.3 Å². The molecule has 1 aromatic rings. The maximum atomic E-state index is 3.50. The molecule has 0 aromatic heterocycles. The summed E-state index contributed by atoms with van der Waals surface area (Å²) in [4.78, 5) is 2.65. The summed E-state index contributed by atoms with van der Waals surface area (Å²) in [5, 5.41) is 3.50. The molecule has 0 amide bonds. The number of hydrogen-bond donors (Lipinski definition) is 1. The largest absolute Gasteiger partial charge is 0.313 e. The van der Waals surface area contributed by atoms with E-state index in [0.717, 1.165) is 0 Å². The van der Waals surface area contributed by atoms with Crippen LogP contribution in [0.1, 0.15) is 63.1 Å². The van der Waals surface area contributed by atoms with Crippen molar-refractivity contribution in [2.75, 3.05) is 26.7 Å². The third-order valence-corrected chi connectivity index (χ3v) is 4.30. The summed E-state index contributed by atoms with van der Waals surface area (Å²) in [5.41, 5.74) is 2.84. The van der Waals surface area contributed by atoms with Crippen molar-refractivity contribution < 1.29 is 0 Å². The number of rotatable bonds is 11. The van der Waals surface area contributed by atoms with Crippen LogP contribution in [0, 0.1) is 6.92 Å². The Morgan fingerprint density at radius 1 is 1.00 bits per heavy atom. The summed E-state index contributed by atoms with van der Waals surface area (Å²) >= 11 is 0. The minimum Gasteiger partial charge on any atom is -0.313 e. The Labute approximate surface area is 131 Å². The molecule has 0 fully saturated rings. The molecule has 0 aliphatic carbocycles. The Balaban J connectivity index is 2.56. The molecule has 0 bridgehead atoms. The summed E-state index contributed by atoms with van der Waals surface area (Å²) < 4.78 is 0. The number of unbranched alkanes of at least 4 members (excludes halogenated alkanes) is 2. The normalized spacial score (nSPS) is 12.8. The molecular weight excluding hydrogens is 256 g/mol. The Bertz CT molecular complexity index is 368. The van der Waals surface area contributed by atoms with Crippen LogP contribution in [-0.4, -0.2) is 31.6 Å². The predicted molar refractivity (Wildman–Crippen MR) is 93.9 cm³/mol. The van der Waals surface area contributed by atoms with Gasteiger partial charge in [-0.15, -0.1) is 0 Å². The van der Waals surface area contributed by atoms with Gasteiger partial charge in [0.25, 0.3) is 0 Å². The third kappa shape index (κ3) is 6.62. The highest BCUT2D eigenvalue weighted by Crippen LogP contribution is 2.20. The molecule has 1 N–H and O–H groups in total. The van der Waals surface area contributed by atoms with Gasteiger partial charge in [-0.05, 0) is 64.0 Å². The fourth-order valence-corrected chi connectivity index (χ4v) is 2.84. The molecule has 0 radical (unpaired) electrons. The van der Waals surface area contributed by atoms with E-state index >= 15 is 0 Å². The molecule has 2 nitrogen and oxygen atoms in total. The molecule has 1 atom stereocenters. The van der Waals surface area contributed by atoms with Crippen molar-refractivity contribution in [1.29, 1.82) is 0 Å². The molecule has 0 saturated heterocycles. The van der Waals surface area contributed by atoms with Crippen molar-refractivity contribution in [2.45, 2.75) is 58.9 Å². The molecule has 0 saturated carbocycles. The van der Waals surface area contributed by atoms with E-state index in [-0.39, 0.29) is 0 Å². The zero-order valence-corrected chi connectivity index (χ0v) is 14.5. The summed E-state index contributed by atoms with van der Waals surface area (Å²) in [7, 11) is 2.08. The summed E-state index contributed by atoms with van der Waals surface area (Å²) in [6.45, 7) is 10.5. The van der Waals surface area contributed by atoms with Gasteiger partial charge in [-0.2, -0.15) is 0 Å². The fourth-order valence-electron chi connectivity index (χ4n) is 2.84. The summed E-state index contributed by atoms with van der Waals surface area (Å²) in [6.07, 6.45) is 6.40. The molecule has 21 heavy (non-hydrogen) atoms. The molecule has 1 unspecified atom stereocenters. The van der Waals surface area contributed by atoms with Crippen molar-refractivity contribution in [1.82, 2.24) is 10.2 Å². The minimum absolute atomic E-state index is 0.469. The number of hydrogen-bond acceptors (Lipinski definition) is 2. The highest BCUT2D eigenvalue weighted by atomic mass is 15.1. The molecule has 2 heteroatoms. The van der Waals surface area contributed by atoms with Gasteiger partial charge in [0.15, 0.2) is 0 Å². The second-order valence-electron chi connectivity index (χ2n) is 6.04. The maximum Gasteiger partial charge on any atom is 0.0332 e. The van der Waals surface area contributed by atoms with Crippen LogP contribution in [0.15, 0.2) is 24.3 Å². The second kappa shape index (κ2) is 10.8. The van der Waals surface area contributed by atoms with Crippen LogP contribution < -0.4 is 5.32 Å². The van der Waals surface area contributed by atoms with E-state index in [4.69, 9.17) is 0 Å². The standard InChI is InChI=1S/C19H34N2/c1-5-7-14-21(15-8-6-2)16-13-19(20-4)18-12-10-9-11-17(18)3/h9-12,19-20H,5-8,13-16H2,1-4H3. The van der Waals surface area contributed by atoms with E-state index in [0.29, 0.717) is 6.04 Å². The van der Waals surface area contributed by atoms with Crippen LogP contribution in [0.25, 0.3) is 0 Å². The van der Waals surface area contributed by atoms with Crippen LogP contribution >= 0.6 is 0 Å². The van der Waals surface area contributed by atoms with Crippen LogP contribution in [0.2, 0.25) is 0 Å². The average molecular weight is 290 g/mol. The first-order chi connectivity index (χ1) is 10.2. The van der Waals surface area contributed by atoms with E-state index in [1.807, 2.05) is 0 Å². The van der Waals surface area contributed by atoms with Crippen molar-refractivity contribution in [3.63, 3.8) is 0 Å². The first kappa shape index (κ1) is 18.2. The molecule has 0 aliphatic rings. The van der Waals surface area contributed by atoms with Gasteiger partial charge in [-0.3, -0.25) is 0 Å². The number of aryl methyl sites for hydroxylation is 1. The first-order valence-corrected chi connectivity index (χ1v) is 8.68. The zero-order chi connectivity index (χ0) is 15.5. The molecule has 0 spiro atoms. The van der Waals surface area contributed by atoms with E-state index < -0.39 is 0 Å². The third-order valence-electron chi connectivity index (χ3n) is 4.30. The van der Waals surface area contributed by atoms with Gasteiger partial charge in [0.2, 0.25) is 0 Å². The zero-order valence-electron chi connectivity index (χ0n) is 14.5. The van der Waals surface area contributed by atoms with E-state index in [1.165, 1.54) is 62.9 Å². The Morgan fingerprint density at radius 2 is 1.62 bits per heavy atom. The molecule has 1 aromatic carbocycles. The van der Waals surface area contributed by atoms with Crippen LogP contribution in [0.5, 0.6) is 0 Å². The lowest BCUT2D eigenvalue weighted by Crippen LogP contribution is -2.30. The quantitative estimate of drug-likeness (QED) is 0.643. The van der Waals surface area contributed by atoms with Crippen molar-refractivity contribution >= 4 is 0 Å². The lowest BCUT2D eigenvalue weighted by atomic mass is 9.98. The van der Waals surface area contributed by atoms with Crippen molar-refractivity contribution in [2.24, 2.45) is 0 Å². The smallest absolute Gasteiger partial charge is 0.0332 e. The van der Waals surface area contributed by atoms with Crippen molar-refractivity contribution in [3.8, 4) is 0 Å². The molecule has 0 heterocycles. The van der Waals surface area contributed by atoms with Gasteiger partial charge in [0, 0.05) is 6.04 Å². The Morgan fingerprint density at radius 3 is 2.14 bits per heavy atom. The number of nitrogens with one attached hydrogen (secondary N) is 1. The van der Waals surface area contributed by atoms with Gasteiger partial charge in [0.05, 0.1) is 0 Å². The van der Waals surface area contributed by atoms with Gasteiger partial charge < -0.3 is 10.2 Å². The maximum absolute atomic E-state index is 3.50. The summed E-state index contributed by atoms with van der Waals surface area (Å²) in [6, 6.07) is 9.22. The monoisotopic (exact) mass is 290 g/mol. The Hall–Kier alpha value is -0.860. The van der Waals surface area contributed by atoms with Crippen LogP contribution in [0.4, 0.5) is 0 Å². The van der Waals surface area contributed by atoms with Gasteiger partial charge in [-0.25, -0.2) is 0 Å². The number of benzene rings is 1. The number of nitrogens with zero attached hydrogens (tertiary/aromatic N) is 1. The minimum atomic E-state index is 0.469. The first-order valence-electron chi connectivity index (χ1n) is 8.68. The van der Waals surface area contributed by atoms with Gasteiger partial charge >= 0.3 is 0 Å². The van der Waals surface area contributed by atoms with E-state index in [1.54, 1.807) is 0 Å². The van der Waals surface area contributed by atoms with E-state index in [9.17, 15) is 0 Å². The van der Waals surface area contributed by atoms with Gasteiger partial charge in [0.1, 0.15) is 0 Å². The molecule has 0 aliphatic heterocycles. The molecular formula is C19H34N2. The van der Waals surface area contributed by atoms with Crippen LogP contribution in [0.3, 0.4) is 0 Å². The average Bonchev–Trinajstić information content (AvgIpc) is 2.51. The highest BCUT2D eigenvalue weighted by molar-refractivity contribution is 5.28. The predicted octanol–water partition coefficient (Wildman–Crippen LogP) is 4.55. The highest BCUT2D eigenvalue weighted by Gasteiger charge is 2.13. The SMILES string of the molecule is CCCCN(CCCC)CCC(NC)c1ccccc1C. The van der Waals surface area contributed by atoms with Crippen LogP contribution in [-0.2, 0) is 0 Å². The van der Waals surface area contributed by atoms with Crippen molar-refractivity contribution in [3.05, 3.63) is 35.4 Å². The Kier molecular flexibility index (Phi) is 9.36. The summed E-state index contributed by atoms with van der Waals surface area (Å²) in [5.74, 6) is 0. The molecule has 120 valence electrons.